The van der Waals surface area contributed by atoms with Gasteiger partial charge < -0.3 is 9.84 Å². The Morgan fingerprint density at radius 1 is 1.50 bits per heavy atom. The van der Waals surface area contributed by atoms with Crippen molar-refractivity contribution in [2.75, 3.05) is 7.11 Å². The highest BCUT2D eigenvalue weighted by Crippen LogP contribution is 2.20. The maximum absolute atomic E-state index is 9.34. The van der Waals surface area contributed by atoms with Gasteiger partial charge in [-0.2, -0.15) is 0 Å². The van der Waals surface area contributed by atoms with Crippen molar-refractivity contribution >= 4 is 5.65 Å². The lowest BCUT2D eigenvalue weighted by molar-refractivity contribution is 0.373. The summed E-state index contributed by atoms with van der Waals surface area (Å²) in [6, 6.07) is 5.37. The molecule has 2 heterocycles. The van der Waals surface area contributed by atoms with Gasteiger partial charge in [-0.1, -0.05) is 6.07 Å². The molecule has 0 aliphatic rings. The molecule has 0 unspecified atom stereocenters. The van der Waals surface area contributed by atoms with Crippen LogP contribution in [0.2, 0.25) is 0 Å². The number of ether oxygens (including phenoxy) is 1. The van der Waals surface area contributed by atoms with E-state index in [2.05, 4.69) is 4.98 Å². The van der Waals surface area contributed by atoms with Crippen LogP contribution in [0.3, 0.4) is 0 Å². The minimum atomic E-state index is 0.0856. The molecule has 62 valence electrons. The summed E-state index contributed by atoms with van der Waals surface area (Å²) in [5, 5.41) is 9.34. The van der Waals surface area contributed by atoms with Gasteiger partial charge in [0.05, 0.1) is 13.3 Å². The first-order chi connectivity index (χ1) is 5.83. The first-order valence-electron chi connectivity index (χ1n) is 3.52. The number of rotatable bonds is 1. The molecule has 0 fully saturated rings. The van der Waals surface area contributed by atoms with Crippen LogP contribution >= 0.6 is 0 Å². The van der Waals surface area contributed by atoms with Gasteiger partial charge in [-0.3, -0.25) is 0 Å². The van der Waals surface area contributed by atoms with Gasteiger partial charge >= 0.3 is 0 Å². The predicted molar refractivity (Wildman–Crippen MR) is 43.4 cm³/mol. The number of aromatic hydroxyl groups is 1. The van der Waals surface area contributed by atoms with Crippen LogP contribution in [-0.2, 0) is 0 Å². The Kier molecular flexibility index (Phi) is 1.40. The third-order valence-corrected chi connectivity index (χ3v) is 1.68. The molecule has 0 amide bonds. The van der Waals surface area contributed by atoms with Crippen molar-refractivity contribution < 1.29 is 9.84 Å². The molecule has 4 nitrogen and oxygen atoms in total. The van der Waals surface area contributed by atoms with Gasteiger partial charge in [0.2, 0.25) is 11.8 Å². The van der Waals surface area contributed by atoms with Gasteiger partial charge in [-0.15, -0.1) is 0 Å². The zero-order valence-electron chi connectivity index (χ0n) is 6.56. The van der Waals surface area contributed by atoms with Crippen molar-refractivity contribution in [3.63, 3.8) is 0 Å². The normalized spacial score (nSPS) is 10.4. The van der Waals surface area contributed by atoms with Crippen molar-refractivity contribution in [1.82, 2.24) is 9.38 Å². The second-order valence-electron chi connectivity index (χ2n) is 2.38. The van der Waals surface area contributed by atoms with E-state index >= 15 is 0 Å². The standard InChI is InChI=1S/C8H8N2O2/c1-12-8-4-2-3-6-9-5-7(11)10(6)8/h2-5,11H,1H3. The molecule has 0 radical (unpaired) electrons. The van der Waals surface area contributed by atoms with E-state index in [1.807, 2.05) is 6.07 Å². The molecule has 2 rings (SSSR count). The van der Waals surface area contributed by atoms with Crippen LogP contribution in [-0.4, -0.2) is 21.6 Å². The highest BCUT2D eigenvalue weighted by molar-refractivity contribution is 5.45. The molecule has 2 aromatic rings. The second kappa shape index (κ2) is 2.41. The van der Waals surface area contributed by atoms with Crippen molar-refractivity contribution in [2.45, 2.75) is 0 Å². The molecule has 0 spiro atoms. The molecule has 0 bridgehead atoms. The lowest BCUT2D eigenvalue weighted by atomic mass is 10.4. The number of hydrogen-bond acceptors (Lipinski definition) is 3. The van der Waals surface area contributed by atoms with Crippen LogP contribution in [0.25, 0.3) is 5.65 Å². The highest BCUT2D eigenvalue weighted by atomic mass is 16.5. The minimum Gasteiger partial charge on any atom is -0.493 e. The van der Waals surface area contributed by atoms with Crippen LogP contribution in [0.4, 0.5) is 0 Å². The van der Waals surface area contributed by atoms with E-state index in [4.69, 9.17) is 4.74 Å². The third kappa shape index (κ3) is 0.812. The van der Waals surface area contributed by atoms with Crippen molar-refractivity contribution in [3.05, 3.63) is 24.4 Å². The molecule has 0 atom stereocenters. The summed E-state index contributed by atoms with van der Waals surface area (Å²) in [7, 11) is 1.55. The second-order valence-corrected chi connectivity index (χ2v) is 2.38. The molecule has 2 aromatic heterocycles. The Hall–Kier alpha value is -1.71. The summed E-state index contributed by atoms with van der Waals surface area (Å²) < 4.78 is 6.56. The first-order valence-corrected chi connectivity index (χ1v) is 3.52. The lowest BCUT2D eigenvalue weighted by Crippen LogP contribution is -1.92. The fourth-order valence-corrected chi connectivity index (χ4v) is 1.15. The number of aromatic nitrogens is 2. The quantitative estimate of drug-likeness (QED) is 0.685. The fraction of sp³-hybridized carbons (Fsp3) is 0.125. The Bertz CT molecular complexity index is 408. The summed E-state index contributed by atoms with van der Waals surface area (Å²) >= 11 is 0. The molecular weight excluding hydrogens is 156 g/mol. The number of nitrogens with zero attached hydrogens (tertiary/aromatic N) is 2. The van der Waals surface area contributed by atoms with E-state index in [1.165, 1.54) is 10.6 Å². The van der Waals surface area contributed by atoms with E-state index in [-0.39, 0.29) is 5.88 Å². The largest absolute Gasteiger partial charge is 0.493 e. The zero-order chi connectivity index (χ0) is 8.55. The van der Waals surface area contributed by atoms with Crippen molar-refractivity contribution in [1.29, 1.82) is 0 Å². The average molecular weight is 164 g/mol. The summed E-state index contributed by atoms with van der Waals surface area (Å²) in [6.45, 7) is 0. The maximum Gasteiger partial charge on any atom is 0.218 e. The Morgan fingerprint density at radius 2 is 2.33 bits per heavy atom. The van der Waals surface area contributed by atoms with Gasteiger partial charge in [-0.25, -0.2) is 9.38 Å². The minimum absolute atomic E-state index is 0.0856. The average Bonchev–Trinajstić information content (AvgIpc) is 2.48. The van der Waals surface area contributed by atoms with Gasteiger partial charge in [-0.05, 0) is 12.1 Å². The van der Waals surface area contributed by atoms with E-state index < -0.39 is 0 Å². The van der Waals surface area contributed by atoms with Crippen LogP contribution in [0.15, 0.2) is 24.4 Å². The number of methoxy groups -OCH3 is 1. The van der Waals surface area contributed by atoms with E-state index in [0.717, 1.165) is 0 Å². The number of hydrogen-bond donors (Lipinski definition) is 1. The van der Waals surface area contributed by atoms with E-state index in [1.54, 1.807) is 19.2 Å². The summed E-state index contributed by atoms with van der Waals surface area (Å²) in [4.78, 5) is 3.96. The monoisotopic (exact) mass is 164 g/mol. The van der Waals surface area contributed by atoms with Crippen LogP contribution in [0, 0.1) is 0 Å². The van der Waals surface area contributed by atoms with Gasteiger partial charge in [0.25, 0.3) is 0 Å². The molecule has 0 aliphatic carbocycles. The molecule has 12 heavy (non-hydrogen) atoms. The number of pyridine rings is 1. The van der Waals surface area contributed by atoms with Crippen molar-refractivity contribution in [3.8, 4) is 11.8 Å². The third-order valence-electron chi connectivity index (χ3n) is 1.68. The SMILES string of the molecule is COc1cccc2ncc(O)n12. The Balaban J connectivity index is 2.84. The smallest absolute Gasteiger partial charge is 0.218 e. The zero-order valence-corrected chi connectivity index (χ0v) is 6.56. The Morgan fingerprint density at radius 3 is 3.08 bits per heavy atom. The lowest BCUT2D eigenvalue weighted by Gasteiger charge is -2.02. The Labute approximate surface area is 69.0 Å². The molecule has 0 saturated carbocycles. The van der Waals surface area contributed by atoms with Gasteiger partial charge in [0, 0.05) is 0 Å². The molecular formula is C8H8N2O2. The molecule has 1 N–H and O–H groups in total. The van der Waals surface area contributed by atoms with E-state index in [0.29, 0.717) is 11.5 Å². The maximum atomic E-state index is 9.34. The first kappa shape index (κ1) is 6.97. The van der Waals surface area contributed by atoms with Gasteiger partial charge in [0.15, 0.2) is 0 Å². The topological polar surface area (TPSA) is 46.8 Å². The fourth-order valence-electron chi connectivity index (χ4n) is 1.15. The highest BCUT2D eigenvalue weighted by Gasteiger charge is 2.04. The summed E-state index contributed by atoms with van der Waals surface area (Å²) in [5.74, 6) is 0.657. The van der Waals surface area contributed by atoms with Gasteiger partial charge in [0.1, 0.15) is 5.65 Å². The molecule has 0 saturated heterocycles. The van der Waals surface area contributed by atoms with E-state index in [9.17, 15) is 5.11 Å². The predicted octanol–water partition coefficient (Wildman–Crippen LogP) is 1.05. The number of fused-ring (bicyclic) bond motifs is 1. The summed E-state index contributed by atoms with van der Waals surface area (Å²) in [5.41, 5.74) is 0.673. The van der Waals surface area contributed by atoms with Crippen LogP contribution in [0.5, 0.6) is 11.8 Å². The van der Waals surface area contributed by atoms with Crippen molar-refractivity contribution in [2.24, 2.45) is 0 Å². The van der Waals surface area contributed by atoms with Crippen LogP contribution in [0.1, 0.15) is 0 Å². The number of imidazole rings is 1. The molecule has 0 aromatic carbocycles. The van der Waals surface area contributed by atoms with Crippen LogP contribution < -0.4 is 4.74 Å². The summed E-state index contributed by atoms with van der Waals surface area (Å²) in [6.07, 6.45) is 1.39. The molecule has 0 aliphatic heterocycles. The molecule has 4 heteroatoms.